The number of nitrogens with zero attached hydrogens (tertiary/aromatic N) is 1. The maximum Gasteiger partial charge on any atom is 0.255 e. The molecular weight excluding hydrogens is 306 g/mol. The van der Waals surface area contributed by atoms with E-state index in [1.54, 1.807) is 0 Å². The van der Waals surface area contributed by atoms with Crippen molar-refractivity contribution in [2.45, 2.75) is 6.43 Å². The fourth-order valence-electron chi connectivity index (χ4n) is 1.36. The van der Waals surface area contributed by atoms with E-state index >= 15 is 0 Å². The van der Waals surface area contributed by atoms with Gasteiger partial charge >= 0.3 is 0 Å². The number of carbonyl (C=O) groups excluding carboxylic acids is 1. The van der Waals surface area contributed by atoms with Crippen LogP contribution in [0.4, 0.5) is 8.78 Å². The van der Waals surface area contributed by atoms with Gasteiger partial charge in [0.1, 0.15) is 0 Å². The van der Waals surface area contributed by atoms with E-state index < -0.39 is 18.9 Å². The SMILES string of the molecule is O=C(c1ccc(Cl)c(Cl)c1)N(CCCl)CC(F)F. The van der Waals surface area contributed by atoms with E-state index in [1.165, 1.54) is 18.2 Å². The molecule has 100 valence electrons. The van der Waals surface area contributed by atoms with Gasteiger partial charge in [-0.3, -0.25) is 4.79 Å². The molecule has 1 amide bonds. The molecule has 0 saturated carbocycles. The average Bonchev–Trinajstić information content (AvgIpc) is 2.31. The van der Waals surface area contributed by atoms with Gasteiger partial charge in [0, 0.05) is 18.0 Å². The van der Waals surface area contributed by atoms with Gasteiger partial charge in [0.05, 0.1) is 16.6 Å². The van der Waals surface area contributed by atoms with Crippen LogP contribution in [0.1, 0.15) is 10.4 Å². The Bertz CT molecular complexity index is 429. The summed E-state index contributed by atoms with van der Waals surface area (Å²) in [5.74, 6) is -0.464. The Labute approximate surface area is 118 Å². The first kappa shape index (κ1) is 15.5. The van der Waals surface area contributed by atoms with Crippen LogP contribution in [-0.2, 0) is 0 Å². The molecule has 0 aliphatic carbocycles. The summed E-state index contributed by atoms with van der Waals surface area (Å²) >= 11 is 17.0. The Morgan fingerprint density at radius 3 is 2.44 bits per heavy atom. The van der Waals surface area contributed by atoms with Crippen LogP contribution in [0.25, 0.3) is 0 Å². The van der Waals surface area contributed by atoms with Gasteiger partial charge in [0.15, 0.2) is 0 Å². The van der Waals surface area contributed by atoms with Gasteiger partial charge in [-0.2, -0.15) is 0 Å². The average molecular weight is 317 g/mol. The zero-order valence-corrected chi connectivity index (χ0v) is 11.4. The Balaban J connectivity index is 2.90. The van der Waals surface area contributed by atoms with Gasteiger partial charge in [-0.05, 0) is 18.2 Å². The molecule has 0 unspecified atom stereocenters. The van der Waals surface area contributed by atoms with Crippen molar-refractivity contribution in [3.63, 3.8) is 0 Å². The van der Waals surface area contributed by atoms with Crippen LogP contribution in [0.3, 0.4) is 0 Å². The molecule has 18 heavy (non-hydrogen) atoms. The van der Waals surface area contributed by atoms with Gasteiger partial charge < -0.3 is 4.90 Å². The lowest BCUT2D eigenvalue weighted by molar-refractivity contribution is 0.0571. The van der Waals surface area contributed by atoms with Crippen LogP contribution < -0.4 is 0 Å². The lowest BCUT2D eigenvalue weighted by Gasteiger charge is -2.21. The van der Waals surface area contributed by atoms with E-state index in [0.717, 1.165) is 4.90 Å². The molecule has 1 rings (SSSR count). The standard InChI is InChI=1S/C11H10Cl3F2NO/c12-3-4-17(6-10(15)16)11(18)7-1-2-8(13)9(14)5-7/h1-2,5,10H,3-4,6H2. The van der Waals surface area contributed by atoms with E-state index in [9.17, 15) is 13.6 Å². The number of benzene rings is 1. The summed E-state index contributed by atoms with van der Waals surface area (Å²) in [6, 6.07) is 4.22. The van der Waals surface area contributed by atoms with Crippen LogP contribution in [0, 0.1) is 0 Å². The number of amides is 1. The molecule has 0 N–H and O–H groups in total. The zero-order valence-electron chi connectivity index (χ0n) is 9.18. The molecule has 1 aromatic rings. The molecule has 0 aliphatic rings. The molecular formula is C11H10Cl3F2NO. The highest BCUT2D eigenvalue weighted by Gasteiger charge is 2.19. The molecule has 0 spiro atoms. The largest absolute Gasteiger partial charge is 0.332 e. The second-order valence-electron chi connectivity index (χ2n) is 3.46. The number of carbonyl (C=O) groups is 1. The maximum absolute atomic E-state index is 12.3. The number of rotatable bonds is 5. The van der Waals surface area contributed by atoms with Crippen molar-refractivity contribution in [3.05, 3.63) is 33.8 Å². The fourth-order valence-corrected chi connectivity index (χ4v) is 1.86. The molecule has 0 fully saturated rings. The number of hydrogen-bond donors (Lipinski definition) is 0. The first-order chi connectivity index (χ1) is 8.45. The highest BCUT2D eigenvalue weighted by Crippen LogP contribution is 2.23. The first-order valence-corrected chi connectivity index (χ1v) is 6.33. The molecule has 0 bridgehead atoms. The number of alkyl halides is 3. The highest BCUT2D eigenvalue weighted by atomic mass is 35.5. The molecule has 7 heteroatoms. The van der Waals surface area contributed by atoms with E-state index in [4.69, 9.17) is 34.8 Å². The lowest BCUT2D eigenvalue weighted by Crippen LogP contribution is -2.36. The Hall–Kier alpha value is -0.580. The topological polar surface area (TPSA) is 20.3 Å². The minimum atomic E-state index is -2.61. The predicted octanol–water partition coefficient (Wildman–Crippen LogP) is 3.94. The van der Waals surface area contributed by atoms with Gasteiger partial charge in [-0.1, -0.05) is 23.2 Å². The van der Waals surface area contributed by atoms with E-state index in [-0.39, 0.29) is 23.0 Å². The third kappa shape index (κ3) is 4.26. The van der Waals surface area contributed by atoms with E-state index in [0.29, 0.717) is 5.02 Å². The van der Waals surface area contributed by atoms with Gasteiger partial charge in [-0.25, -0.2) is 8.78 Å². The number of hydrogen-bond acceptors (Lipinski definition) is 1. The highest BCUT2D eigenvalue weighted by molar-refractivity contribution is 6.42. The lowest BCUT2D eigenvalue weighted by atomic mass is 10.2. The Kier molecular flexibility index (Phi) is 6.12. The minimum Gasteiger partial charge on any atom is -0.332 e. The summed E-state index contributed by atoms with van der Waals surface area (Å²) in [5, 5.41) is 0.497. The van der Waals surface area contributed by atoms with E-state index in [2.05, 4.69) is 0 Å². The number of halogens is 5. The molecule has 0 aliphatic heterocycles. The smallest absolute Gasteiger partial charge is 0.255 e. The van der Waals surface area contributed by atoms with Crippen molar-refractivity contribution >= 4 is 40.7 Å². The zero-order chi connectivity index (χ0) is 13.7. The Morgan fingerprint density at radius 1 is 1.28 bits per heavy atom. The summed E-state index contributed by atoms with van der Waals surface area (Å²) in [6.07, 6.45) is -2.61. The van der Waals surface area contributed by atoms with Crippen molar-refractivity contribution < 1.29 is 13.6 Å². The molecule has 0 saturated heterocycles. The minimum absolute atomic E-state index is 0.0466. The van der Waals surface area contributed by atoms with Gasteiger partial charge in [0.25, 0.3) is 12.3 Å². The van der Waals surface area contributed by atoms with Crippen LogP contribution in [0.15, 0.2) is 18.2 Å². The van der Waals surface area contributed by atoms with Gasteiger partial charge in [-0.15, -0.1) is 11.6 Å². The summed E-state index contributed by atoms with van der Waals surface area (Å²) in [6.45, 7) is -0.614. The molecule has 2 nitrogen and oxygen atoms in total. The van der Waals surface area contributed by atoms with Crippen molar-refractivity contribution in [2.75, 3.05) is 19.0 Å². The fraction of sp³-hybridized carbons (Fsp3) is 0.364. The quantitative estimate of drug-likeness (QED) is 0.754. The monoisotopic (exact) mass is 315 g/mol. The van der Waals surface area contributed by atoms with Crippen LogP contribution >= 0.6 is 34.8 Å². The molecule has 1 aromatic carbocycles. The van der Waals surface area contributed by atoms with Crippen molar-refractivity contribution in [3.8, 4) is 0 Å². The summed E-state index contributed by atoms with van der Waals surface area (Å²) in [4.78, 5) is 12.9. The molecule has 0 atom stereocenters. The van der Waals surface area contributed by atoms with Crippen molar-refractivity contribution in [1.29, 1.82) is 0 Å². The van der Waals surface area contributed by atoms with Crippen molar-refractivity contribution in [1.82, 2.24) is 4.90 Å². The second-order valence-corrected chi connectivity index (χ2v) is 4.65. The summed E-state index contributed by atoms with van der Waals surface area (Å²) in [5.41, 5.74) is 0.204. The van der Waals surface area contributed by atoms with Crippen LogP contribution in [0.5, 0.6) is 0 Å². The van der Waals surface area contributed by atoms with Crippen LogP contribution in [0.2, 0.25) is 10.0 Å². The van der Waals surface area contributed by atoms with Gasteiger partial charge in [0.2, 0.25) is 0 Å². The molecule has 0 heterocycles. The molecule has 0 radical (unpaired) electrons. The maximum atomic E-state index is 12.3. The molecule has 0 aromatic heterocycles. The van der Waals surface area contributed by atoms with E-state index in [1.807, 2.05) is 0 Å². The first-order valence-electron chi connectivity index (χ1n) is 5.04. The normalized spacial score (nSPS) is 10.8. The Morgan fingerprint density at radius 2 is 1.94 bits per heavy atom. The third-order valence-corrected chi connectivity index (χ3v) is 3.07. The summed E-state index contributed by atoms with van der Waals surface area (Å²) in [7, 11) is 0. The predicted molar refractivity (Wildman–Crippen MR) is 69.1 cm³/mol. The second kappa shape index (κ2) is 7.12. The third-order valence-electron chi connectivity index (χ3n) is 2.17. The summed E-state index contributed by atoms with van der Waals surface area (Å²) < 4.78 is 24.7. The van der Waals surface area contributed by atoms with Crippen molar-refractivity contribution in [2.24, 2.45) is 0 Å². The van der Waals surface area contributed by atoms with Crippen LogP contribution in [-0.4, -0.2) is 36.2 Å².